The molecule has 0 saturated heterocycles. The predicted octanol–water partition coefficient (Wildman–Crippen LogP) is 7.47. The van der Waals surface area contributed by atoms with Crippen LogP contribution >= 0.6 is 0 Å². The number of nitrogens with one attached hydrogen (secondary N) is 8. The summed E-state index contributed by atoms with van der Waals surface area (Å²) in [5.41, 5.74) is 5.73. The first-order valence-corrected chi connectivity index (χ1v) is 39.7. The largest absolute Gasteiger partial charge is 0.495 e. The average molecular weight is 1810 g/mol. The van der Waals surface area contributed by atoms with Crippen molar-refractivity contribution >= 4 is 82.3 Å². The van der Waals surface area contributed by atoms with Crippen molar-refractivity contribution in [2.24, 2.45) is 0 Å². The molecular weight excluding hydrogens is 1720 g/mol. The van der Waals surface area contributed by atoms with Crippen LogP contribution in [-0.2, 0) is 124 Å². The number of methoxy groups -OCH3 is 1. The maximum absolute atomic E-state index is 12.5. The number of aryl methyl sites for hydroxylation is 4. The number of hydrogen-bond donors (Lipinski definition) is 15. The number of benzene rings is 5. The van der Waals surface area contributed by atoms with Crippen LogP contribution in [0.2, 0.25) is 0 Å². The van der Waals surface area contributed by atoms with E-state index in [1.165, 1.54) is 20.1 Å². The highest BCUT2D eigenvalue weighted by molar-refractivity contribution is 7.82. The van der Waals surface area contributed by atoms with Crippen molar-refractivity contribution < 1.29 is 116 Å². The monoisotopic (exact) mass is 1810 g/mol. The van der Waals surface area contributed by atoms with Gasteiger partial charge in [0.05, 0.1) is 37.5 Å². The molecule has 5 aromatic carbocycles. The standard InChI is InChI=1S/C19H20N4O5S.C11H10N4O4.C11H11N3O2.2C10H15N3O4.C10H9N3O2.C9H13N3O4/c1-11-4-5-12(2)16(8-11)28-29(26)23-14-9-13(6-7-15(14)27-3)19-20-17(21-22-19)10-18(24)25;1-6-2-3-7(4-8(6)15(18)19)11-12-9(13-14-11)5-10(16)17;1-7-2-4-8(5-3-7)11-12-9(13-14-11)6-10(15)16;1-4-17-9(16)10(2,3)8-11-6(12-13-8)5-7(14)15;1-3-6(10(15)16)9-11-7(12-13-9)5-8(14)17-4-2;14-9(15)6-8-11-10(13-12-8)7-4-2-1-3-5-7;1-3-16-7(13)4-6-10-8(12-11-6)5(2)9(14)15/h4-9,23H,10H2,1-3H3,(H,24,25)(H,20,21,22);2-4H,5H2,1H3,(H,16,17)(H,12,13,14);2-5H,6H2,1H3,(H,15,16)(H,12,13,14);4-5H2,1-3H3,(H,14,15)(H,11,12,13);6H,3-5H2,1-2H3,(H,15,16)(H,11,12,13);1-5H,6H2,(H,14,15)(H,11,12,13);5H,3-4H2,1-2H3,(H,14,15)(H,10,11,12). The molecule has 48 nitrogen and oxygen atoms in total. The zero-order valence-corrected chi connectivity index (χ0v) is 72.2. The molecule has 0 fully saturated rings. The number of esters is 3. The fourth-order valence-electron chi connectivity index (χ4n) is 10.3. The highest BCUT2D eigenvalue weighted by Gasteiger charge is 2.36. The Labute approximate surface area is 734 Å². The molecule has 684 valence electrons. The van der Waals surface area contributed by atoms with Crippen molar-refractivity contribution in [1.29, 1.82) is 0 Å². The van der Waals surface area contributed by atoms with Gasteiger partial charge in [-0.05, 0) is 111 Å². The Morgan fingerprint density at radius 2 is 0.845 bits per heavy atom. The van der Waals surface area contributed by atoms with Gasteiger partial charge in [0.1, 0.15) is 114 Å². The summed E-state index contributed by atoms with van der Waals surface area (Å²) in [5.74, 6) is -4.59. The number of aromatic amines is 7. The lowest BCUT2D eigenvalue weighted by molar-refractivity contribution is -0.385. The number of aromatic nitrogens is 21. The summed E-state index contributed by atoms with van der Waals surface area (Å²) < 4.78 is 40.5. The second-order valence-corrected chi connectivity index (χ2v) is 28.3. The summed E-state index contributed by atoms with van der Waals surface area (Å²) in [6.07, 6.45) is -0.746. The molecule has 0 spiro atoms. The maximum atomic E-state index is 12.5. The minimum absolute atomic E-state index is 0.0258. The third-order valence-corrected chi connectivity index (χ3v) is 17.6. The Morgan fingerprint density at radius 3 is 1.29 bits per heavy atom. The van der Waals surface area contributed by atoms with E-state index < -0.39 is 93.1 Å². The number of carbonyl (C=O) groups is 10. The first-order chi connectivity index (χ1) is 61.2. The van der Waals surface area contributed by atoms with Crippen LogP contribution in [0.5, 0.6) is 11.5 Å². The Morgan fingerprint density at radius 1 is 0.450 bits per heavy atom. The maximum Gasteiger partial charge on any atom is 0.319 e. The summed E-state index contributed by atoms with van der Waals surface area (Å²) in [6, 6.07) is 32.4. The lowest BCUT2D eigenvalue weighted by atomic mass is 9.93. The van der Waals surface area contributed by atoms with Gasteiger partial charge in [0.25, 0.3) is 5.69 Å². The molecule has 3 atom stereocenters. The molecule has 3 unspecified atom stereocenters. The van der Waals surface area contributed by atoms with Gasteiger partial charge in [-0.3, -0.25) is 98.5 Å². The fourth-order valence-corrected chi connectivity index (χ4v) is 11.1. The second kappa shape index (κ2) is 49.9. The van der Waals surface area contributed by atoms with Crippen LogP contribution in [0, 0.1) is 37.8 Å². The van der Waals surface area contributed by atoms with Gasteiger partial charge < -0.3 is 58.9 Å². The summed E-state index contributed by atoms with van der Waals surface area (Å²) in [6.45, 7) is 19.9. The van der Waals surface area contributed by atoms with Crippen LogP contribution in [0.1, 0.15) is 147 Å². The zero-order valence-electron chi connectivity index (χ0n) is 71.4. The van der Waals surface area contributed by atoms with Gasteiger partial charge in [-0.25, -0.2) is 34.9 Å². The Balaban J connectivity index is 0.000000235. The van der Waals surface area contributed by atoms with Crippen molar-refractivity contribution in [1.82, 2.24) is 106 Å². The van der Waals surface area contributed by atoms with E-state index in [-0.39, 0.29) is 98.0 Å². The number of hydrogen-bond acceptors (Lipinski definition) is 32. The molecule has 49 heteroatoms. The molecule has 0 aliphatic rings. The van der Waals surface area contributed by atoms with Gasteiger partial charge in [0, 0.05) is 33.9 Å². The van der Waals surface area contributed by atoms with Crippen LogP contribution < -0.4 is 13.6 Å². The van der Waals surface area contributed by atoms with E-state index in [0.717, 1.165) is 27.8 Å². The SMILES string of the molecule is CCOC(=O)C(C)(C)c1n[nH]c(CC(=O)O)n1.CCOC(=O)Cc1nc(C(C)C(=O)O)n[nH]1.CCOC(=O)Cc1nc(C(CC)C(=O)O)n[nH]1.COc1ccc(-c2n[nH]c(CC(=O)O)n2)cc1NS(=O)Oc1cc(C)ccc1C.Cc1ccc(-c2n[nH]c(CC(=O)O)n2)cc1.Cc1ccc(-c2n[nH]c(CC(=O)O)n2)cc1[N+](=O)[O-].O=C(O)Cc1nc(-c2ccccc2)n[nH]1. The topological polar surface area (TPSA) is 722 Å². The van der Waals surface area contributed by atoms with Gasteiger partial charge in [0.2, 0.25) is 0 Å². The summed E-state index contributed by atoms with van der Waals surface area (Å²) in [7, 11) is 1.49. The third kappa shape index (κ3) is 33.4. The van der Waals surface area contributed by atoms with Gasteiger partial charge in [-0.2, -0.15) is 39.9 Å². The van der Waals surface area contributed by atoms with Gasteiger partial charge in [-0.15, -0.1) is 0 Å². The van der Waals surface area contributed by atoms with E-state index in [0.29, 0.717) is 94.3 Å². The second-order valence-electron chi connectivity index (χ2n) is 27.4. The van der Waals surface area contributed by atoms with Gasteiger partial charge >= 0.3 is 71.0 Å². The van der Waals surface area contributed by atoms with Crippen molar-refractivity contribution in [3.63, 3.8) is 0 Å². The highest BCUT2D eigenvalue weighted by Crippen LogP contribution is 2.32. The molecular formula is C80H93N23O25S. The molecule has 0 aliphatic carbocycles. The van der Waals surface area contributed by atoms with E-state index in [2.05, 4.69) is 111 Å². The van der Waals surface area contributed by atoms with Crippen molar-refractivity contribution in [3.8, 4) is 57.1 Å². The van der Waals surface area contributed by atoms with Crippen LogP contribution in [0.3, 0.4) is 0 Å². The number of rotatable bonds is 34. The minimum atomic E-state index is -1.88. The Bertz CT molecular complexity index is 5820. The number of nitro benzene ring substituents is 1. The van der Waals surface area contributed by atoms with Crippen molar-refractivity contribution in [2.75, 3.05) is 31.7 Å². The lowest BCUT2D eigenvalue weighted by Gasteiger charge is -2.18. The quantitative estimate of drug-likeness (QED) is 0.00804. The summed E-state index contributed by atoms with van der Waals surface area (Å²) in [5, 5.41) is 117. The zero-order chi connectivity index (χ0) is 95.2. The molecule has 0 saturated carbocycles. The molecule has 7 aromatic heterocycles. The molecule has 0 radical (unpaired) electrons. The van der Waals surface area contributed by atoms with E-state index in [9.17, 15) is 62.3 Å². The smallest absolute Gasteiger partial charge is 0.319 e. The predicted molar refractivity (Wildman–Crippen MR) is 451 cm³/mol. The first-order valence-electron chi connectivity index (χ1n) is 38.7. The first kappa shape index (κ1) is 102. The highest BCUT2D eigenvalue weighted by atomic mass is 32.2. The molecule has 129 heavy (non-hydrogen) atoms. The molecule has 15 N–H and O–H groups in total. The number of carboxylic acids is 7. The molecule has 0 aliphatic heterocycles. The molecule has 12 rings (SSSR count). The third-order valence-electron chi connectivity index (χ3n) is 16.9. The number of ether oxygens (including phenoxy) is 4. The molecule has 12 aromatic rings. The van der Waals surface area contributed by atoms with Crippen LogP contribution in [-0.4, -0.2) is 238 Å². The number of H-pyrrole nitrogens is 7. The summed E-state index contributed by atoms with van der Waals surface area (Å²) >= 11 is -1.88. The minimum Gasteiger partial charge on any atom is -0.495 e. The average Bonchev–Trinajstić information content (AvgIpc) is 1.68. The molecule has 0 amide bonds. The van der Waals surface area contributed by atoms with Crippen LogP contribution in [0.4, 0.5) is 11.4 Å². The number of nitrogens with zero attached hydrogens (tertiary/aromatic N) is 15. The number of anilines is 1. The van der Waals surface area contributed by atoms with E-state index in [4.69, 9.17) is 58.9 Å². The van der Waals surface area contributed by atoms with Crippen molar-refractivity contribution in [2.45, 2.75) is 145 Å². The van der Waals surface area contributed by atoms with E-state index in [1.807, 2.05) is 87.5 Å². The molecule has 0 bridgehead atoms. The number of nitro groups is 1. The van der Waals surface area contributed by atoms with Crippen LogP contribution in [0.15, 0.2) is 109 Å². The Kier molecular flexibility index (Phi) is 39.3. The number of carbonyl (C=O) groups excluding carboxylic acids is 3. The van der Waals surface area contributed by atoms with E-state index in [1.54, 1.807) is 84.9 Å². The van der Waals surface area contributed by atoms with E-state index >= 15 is 0 Å². The summed E-state index contributed by atoms with van der Waals surface area (Å²) in [4.78, 5) is 147. The number of aliphatic carboxylic acids is 7. The van der Waals surface area contributed by atoms with Crippen LogP contribution in [0.25, 0.3) is 45.6 Å². The lowest BCUT2D eigenvalue weighted by Crippen LogP contribution is -2.32. The number of carboxylic acid groups (broad SMARTS) is 7. The van der Waals surface area contributed by atoms with Gasteiger partial charge in [-0.1, -0.05) is 91.3 Å². The molecule has 7 heterocycles. The van der Waals surface area contributed by atoms with Crippen molar-refractivity contribution in [3.05, 3.63) is 200 Å². The Hall–Kier alpha value is -16.3. The fraction of sp³-hybridized carbons (Fsp3) is 0.325. The van der Waals surface area contributed by atoms with Gasteiger partial charge in [0.15, 0.2) is 40.8 Å². The normalized spacial score (nSPS) is 11.2.